The van der Waals surface area contributed by atoms with Crippen molar-refractivity contribution in [2.24, 2.45) is 5.73 Å². The number of fused-ring (bicyclic) bond motifs is 1. The summed E-state index contributed by atoms with van der Waals surface area (Å²) in [4.78, 5) is 4.53. The van der Waals surface area contributed by atoms with E-state index in [1.165, 1.54) is 16.5 Å². The Balaban J connectivity index is 2.53. The molecule has 1 atom stereocenters. The minimum absolute atomic E-state index is 0.205. The zero-order chi connectivity index (χ0) is 11.7. The molecular weight excluding hydrogens is 196 g/mol. The van der Waals surface area contributed by atoms with Crippen LogP contribution in [0.4, 0.5) is 0 Å². The second-order valence-electron chi connectivity index (χ2n) is 4.61. The molecule has 1 aromatic carbocycles. The second kappa shape index (κ2) is 4.22. The van der Waals surface area contributed by atoms with Gasteiger partial charge in [0.05, 0.1) is 5.52 Å². The van der Waals surface area contributed by atoms with Crippen LogP contribution in [0.5, 0.6) is 0 Å². The maximum Gasteiger partial charge on any atom is 0.0708 e. The molecule has 0 aliphatic carbocycles. The molecule has 1 aromatic heterocycles. The highest BCUT2D eigenvalue weighted by molar-refractivity contribution is 5.82. The van der Waals surface area contributed by atoms with Crippen LogP contribution in [0.25, 0.3) is 10.9 Å². The lowest BCUT2D eigenvalue weighted by molar-refractivity contribution is 0.739. The largest absolute Gasteiger partial charge is 0.328 e. The van der Waals surface area contributed by atoms with Gasteiger partial charge in [-0.05, 0) is 56.5 Å². The fraction of sp³-hybridized carbons (Fsp3) is 0.357. The fourth-order valence-electron chi connectivity index (χ4n) is 2.11. The van der Waals surface area contributed by atoms with Crippen molar-refractivity contribution >= 4 is 10.9 Å². The number of nitrogens with zero attached hydrogens (tertiary/aromatic N) is 1. The van der Waals surface area contributed by atoms with E-state index in [9.17, 15) is 0 Å². The van der Waals surface area contributed by atoms with E-state index in [0.717, 1.165) is 17.6 Å². The molecule has 0 aliphatic heterocycles. The predicted octanol–water partition coefficient (Wildman–Crippen LogP) is 2.74. The maximum atomic E-state index is 5.82. The van der Waals surface area contributed by atoms with Crippen LogP contribution in [0.3, 0.4) is 0 Å². The second-order valence-corrected chi connectivity index (χ2v) is 4.61. The molecule has 0 aliphatic rings. The summed E-state index contributed by atoms with van der Waals surface area (Å²) in [6.07, 6.45) is 0.920. The van der Waals surface area contributed by atoms with Crippen LogP contribution >= 0.6 is 0 Å². The molecule has 2 heteroatoms. The zero-order valence-corrected chi connectivity index (χ0v) is 10.1. The molecule has 0 fully saturated rings. The molecule has 2 rings (SSSR count). The van der Waals surface area contributed by atoms with Gasteiger partial charge in [0.15, 0.2) is 0 Å². The lowest BCUT2D eigenvalue weighted by atomic mass is 10.0. The number of hydrogen-bond donors (Lipinski definition) is 1. The van der Waals surface area contributed by atoms with Gasteiger partial charge in [0.1, 0.15) is 0 Å². The summed E-state index contributed by atoms with van der Waals surface area (Å²) in [5.74, 6) is 0. The summed E-state index contributed by atoms with van der Waals surface area (Å²) >= 11 is 0. The maximum absolute atomic E-state index is 5.82. The Morgan fingerprint density at radius 1 is 1.25 bits per heavy atom. The molecule has 16 heavy (non-hydrogen) atoms. The third-order valence-corrected chi connectivity index (χ3v) is 2.77. The molecule has 0 amide bonds. The van der Waals surface area contributed by atoms with E-state index in [1.54, 1.807) is 0 Å². The van der Waals surface area contributed by atoms with Gasteiger partial charge in [0, 0.05) is 17.1 Å². The summed E-state index contributed by atoms with van der Waals surface area (Å²) in [6, 6.07) is 8.75. The van der Waals surface area contributed by atoms with E-state index in [-0.39, 0.29) is 6.04 Å². The quantitative estimate of drug-likeness (QED) is 0.834. The van der Waals surface area contributed by atoms with Crippen LogP contribution in [0.15, 0.2) is 24.3 Å². The Morgan fingerprint density at radius 3 is 2.69 bits per heavy atom. The van der Waals surface area contributed by atoms with Crippen molar-refractivity contribution in [1.82, 2.24) is 4.98 Å². The van der Waals surface area contributed by atoms with Gasteiger partial charge < -0.3 is 5.73 Å². The highest BCUT2D eigenvalue weighted by Crippen LogP contribution is 2.19. The van der Waals surface area contributed by atoms with Gasteiger partial charge in [-0.3, -0.25) is 4.98 Å². The molecule has 1 heterocycles. The topological polar surface area (TPSA) is 38.9 Å². The van der Waals surface area contributed by atoms with E-state index in [1.807, 2.05) is 13.8 Å². The first-order valence-electron chi connectivity index (χ1n) is 5.69. The zero-order valence-electron chi connectivity index (χ0n) is 10.1. The molecule has 2 N–H and O–H groups in total. The van der Waals surface area contributed by atoms with Crippen LogP contribution in [0, 0.1) is 13.8 Å². The number of benzene rings is 1. The van der Waals surface area contributed by atoms with Crippen molar-refractivity contribution in [1.29, 1.82) is 0 Å². The van der Waals surface area contributed by atoms with Crippen LogP contribution in [-0.4, -0.2) is 11.0 Å². The van der Waals surface area contributed by atoms with E-state index < -0.39 is 0 Å². The van der Waals surface area contributed by atoms with Crippen molar-refractivity contribution in [2.75, 3.05) is 0 Å². The molecule has 1 unspecified atom stereocenters. The Hall–Kier alpha value is -1.41. The average molecular weight is 214 g/mol. The molecule has 0 saturated heterocycles. The number of pyridine rings is 1. The molecule has 0 spiro atoms. The van der Waals surface area contributed by atoms with Gasteiger partial charge in [-0.1, -0.05) is 6.07 Å². The number of rotatable bonds is 2. The van der Waals surface area contributed by atoms with Crippen molar-refractivity contribution in [2.45, 2.75) is 33.2 Å². The Bertz CT molecular complexity index is 515. The van der Waals surface area contributed by atoms with Crippen LogP contribution in [0.2, 0.25) is 0 Å². The average Bonchev–Trinajstić information content (AvgIpc) is 2.18. The highest BCUT2D eigenvalue weighted by atomic mass is 14.7. The summed E-state index contributed by atoms with van der Waals surface area (Å²) in [5.41, 5.74) is 10.5. The fourth-order valence-corrected chi connectivity index (χ4v) is 2.11. The minimum Gasteiger partial charge on any atom is -0.328 e. The minimum atomic E-state index is 0.205. The smallest absolute Gasteiger partial charge is 0.0708 e. The van der Waals surface area contributed by atoms with E-state index in [4.69, 9.17) is 5.73 Å². The third kappa shape index (κ3) is 2.22. The van der Waals surface area contributed by atoms with Crippen LogP contribution in [-0.2, 0) is 6.42 Å². The van der Waals surface area contributed by atoms with Crippen molar-refractivity contribution < 1.29 is 0 Å². The lowest BCUT2D eigenvalue weighted by Crippen LogP contribution is -2.17. The number of hydrogen-bond acceptors (Lipinski definition) is 2. The molecule has 2 aromatic rings. The molecule has 0 radical (unpaired) electrons. The van der Waals surface area contributed by atoms with Gasteiger partial charge in [-0.2, -0.15) is 0 Å². The lowest BCUT2D eigenvalue weighted by Gasteiger charge is -2.08. The van der Waals surface area contributed by atoms with Gasteiger partial charge >= 0.3 is 0 Å². The first kappa shape index (κ1) is 11.1. The predicted molar refractivity (Wildman–Crippen MR) is 68.6 cm³/mol. The molecule has 0 saturated carbocycles. The van der Waals surface area contributed by atoms with Crippen molar-refractivity contribution in [3.05, 3.63) is 41.1 Å². The third-order valence-electron chi connectivity index (χ3n) is 2.77. The Kier molecular flexibility index (Phi) is 2.92. The SMILES string of the molecule is Cc1cc(C)c2cc(CC(C)N)ccc2n1. The van der Waals surface area contributed by atoms with Crippen molar-refractivity contribution in [3.63, 3.8) is 0 Å². The summed E-state index contributed by atoms with van der Waals surface area (Å²) < 4.78 is 0. The number of aryl methyl sites for hydroxylation is 2. The number of aromatic nitrogens is 1. The van der Waals surface area contributed by atoms with Gasteiger partial charge in [-0.25, -0.2) is 0 Å². The molecule has 84 valence electrons. The van der Waals surface area contributed by atoms with E-state index >= 15 is 0 Å². The number of nitrogens with two attached hydrogens (primary N) is 1. The molecular formula is C14H18N2. The monoisotopic (exact) mass is 214 g/mol. The van der Waals surface area contributed by atoms with E-state index in [0.29, 0.717) is 0 Å². The molecule has 2 nitrogen and oxygen atoms in total. The first-order valence-corrected chi connectivity index (χ1v) is 5.69. The Morgan fingerprint density at radius 2 is 2.00 bits per heavy atom. The van der Waals surface area contributed by atoms with Crippen molar-refractivity contribution in [3.8, 4) is 0 Å². The van der Waals surface area contributed by atoms with Gasteiger partial charge in [-0.15, -0.1) is 0 Å². The van der Waals surface area contributed by atoms with Crippen LogP contribution in [0.1, 0.15) is 23.7 Å². The van der Waals surface area contributed by atoms with Crippen LogP contribution < -0.4 is 5.73 Å². The highest BCUT2D eigenvalue weighted by Gasteiger charge is 2.03. The summed E-state index contributed by atoms with van der Waals surface area (Å²) in [6.45, 7) is 6.19. The summed E-state index contributed by atoms with van der Waals surface area (Å²) in [5, 5.41) is 1.24. The first-order chi connectivity index (χ1) is 7.56. The van der Waals surface area contributed by atoms with E-state index in [2.05, 4.69) is 36.2 Å². The standard InChI is InChI=1S/C14H18N2/c1-9-6-11(3)16-14-5-4-12(7-10(2)15)8-13(9)14/h4-6,8,10H,7,15H2,1-3H3. The van der Waals surface area contributed by atoms with Gasteiger partial charge in [0.25, 0.3) is 0 Å². The molecule has 0 bridgehead atoms. The normalized spacial score (nSPS) is 13.0. The Labute approximate surface area is 96.5 Å². The summed E-state index contributed by atoms with van der Waals surface area (Å²) in [7, 11) is 0. The van der Waals surface area contributed by atoms with Gasteiger partial charge in [0.2, 0.25) is 0 Å².